The van der Waals surface area contributed by atoms with E-state index >= 15 is 0 Å². The van der Waals surface area contributed by atoms with E-state index in [1.807, 2.05) is 21.8 Å². The molecular formula is C14H24ClN5. The van der Waals surface area contributed by atoms with E-state index in [0.717, 1.165) is 13.1 Å². The third-order valence-electron chi connectivity index (χ3n) is 3.10. The second-order valence-electron chi connectivity index (χ2n) is 5.33. The Balaban J connectivity index is 0.00000200. The van der Waals surface area contributed by atoms with Crippen molar-refractivity contribution in [2.45, 2.75) is 52.9 Å². The predicted molar refractivity (Wildman–Crippen MR) is 83.0 cm³/mol. The number of aromatic nitrogens is 4. The minimum absolute atomic E-state index is 0. The van der Waals surface area contributed by atoms with Crippen molar-refractivity contribution in [2.75, 3.05) is 0 Å². The Morgan fingerprint density at radius 3 is 1.65 bits per heavy atom. The van der Waals surface area contributed by atoms with E-state index in [-0.39, 0.29) is 12.4 Å². The van der Waals surface area contributed by atoms with Crippen molar-refractivity contribution in [1.29, 1.82) is 0 Å². The van der Waals surface area contributed by atoms with Gasteiger partial charge in [0, 0.05) is 37.6 Å². The highest BCUT2D eigenvalue weighted by atomic mass is 35.5. The fourth-order valence-corrected chi connectivity index (χ4v) is 2.21. The normalized spacial score (nSPS) is 11.1. The lowest BCUT2D eigenvalue weighted by Gasteiger charge is -2.13. The van der Waals surface area contributed by atoms with Crippen LogP contribution in [0, 0.1) is 0 Å². The largest absolute Gasteiger partial charge is 0.306 e. The lowest BCUT2D eigenvalue weighted by Crippen LogP contribution is -2.20. The van der Waals surface area contributed by atoms with Crippen LogP contribution >= 0.6 is 12.4 Å². The molecule has 0 saturated heterocycles. The summed E-state index contributed by atoms with van der Waals surface area (Å²) in [6.07, 6.45) is 3.71. The maximum Gasteiger partial charge on any atom is 0.0525 e. The molecule has 0 aliphatic carbocycles. The fourth-order valence-electron chi connectivity index (χ4n) is 2.21. The zero-order valence-electron chi connectivity index (χ0n) is 12.6. The van der Waals surface area contributed by atoms with Gasteiger partial charge in [-0.3, -0.25) is 9.36 Å². The molecule has 0 bridgehead atoms. The van der Waals surface area contributed by atoms with Crippen molar-refractivity contribution in [1.82, 2.24) is 24.9 Å². The van der Waals surface area contributed by atoms with Crippen LogP contribution in [-0.4, -0.2) is 19.6 Å². The van der Waals surface area contributed by atoms with Crippen LogP contribution in [0.4, 0.5) is 0 Å². The summed E-state index contributed by atoms with van der Waals surface area (Å²) in [7, 11) is 0. The number of rotatable bonds is 6. The van der Waals surface area contributed by atoms with Crippen molar-refractivity contribution >= 4 is 12.4 Å². The van der Waals surface area contributed by atoms with Gasteiger partial charge in [-0.05, 0) is 39.8 Å². The van der Waals surface area contributed by atoms with E-state index in [4.69, 9.17) is 0 Å². The van der Waals surface area contributed by atoms with Crippen LogP contribution in [0.25, 0.3) is 0 Å². The SMILES string of the molecule is CC(C)n1nccc1CNCc1ccnn1C(C)C.Cl. The number of hydrogen-bond donors (Lipinski definition) is 1. The van der Waals surface area contributed by atoms with Crippen LogP contribution in [0.15, 0.2) is 24.5 Å². The lowest BCUT2D eigenvalue weighted by atomic mass is 10.3. The van der Waals surface area contributed by atoms with E-state index < -0.39 is 0 Å². The maximum absolute atomic E-state index is 4.34. The van der Waals surface area contributed by atoms with Crippen molar-refractivity contribution in [2.24, 2.45) is 0 Å². The van der Waals surface area contributed by atoms with Crippen molar-refractivity contribution in [3.05, 3.63) is 35.9 Å². The van der Waals surface area contributed by atoms with Gasteiger partial charge >= 0.3 is 0 Å². The molecule has 0 fully saturated rings. The summed E-state index contributed by atoms with van der Waals surface area (Å²) in [5.74, 6) is 0. The van der Waals surface area contributed by atoms with Gasteiger partial charge in [0.1, 0.15) is 0 Å². The topological polar surface area (TPSA) is 47.7 Å². The maximum atomic E-state index is 4.34. The third kappa shape index (κ3) is 3.84. The fraction of sp³-hybridized carbons (Fsp3) is 0.571. The van der Waals surface area contributed by atoms with Crippen LogP contribution < -0.4 is 5.32 Å². The first kappa shape index (κ1) is 16.7. The molecule has 0 aliphatic rings. The van der Waals surface area contributed by atoms with Gasteiger partial charge in [0.15, 0.2) is 0 Å². The van der Waals surface area contributed by atoms with Crippen LogP contribution in [0.1, 0.15) is 51.2 Å². The molecular weight excluding hydrogens is 274 g/mol. The quantitative estimate of drug-likeness (QED) is 0.892. The van der Waals surface area contributed by atoms with Gasteiger partial charge in [-0.25, -0.2) is 0 Å². The van der Waals surface area contributed by atoms with Crippen LogP contribution in [0.2, 0.25) is 0 Å². The Bertz CT molecular complexity index is 469. The molecule has 0 amide bonds. The summed E-state index contributed by atoms with van der Waals surface area (Å²) >= 11 is 0. The molecule has 1 N–H and O–H groups in total. The highest BCUT2D eigenvalue weighted by Crippen LogP contribution is 2.09. The summed E-state index contributed by atoms with van der Waals surface area (Å²) in [5, 5.41) is 12.1. The number of hydrogen-bond acceptors (Lipinski definition) is 3. The molecule has 0 saturated carbocycles. The van der Waals surface area contributed by atoms with Gasteiger partial charge in [0.25, 0.3) is 0 Å². The summed E-state index contributed by atoms with van der Waals surface area (Å²) in [5.41, 5.74) is 2.43. The van der Waals surface area contributed by atoms with Crippen molar-refractivity contribution in [3.63, 3.8) is 0 Å². The van der Waals surface area contributed by atoms with Crippen LogP contribution in [0.5, 0.6) is 0 Å². The second kappa shape index (κ2) is 7.45. The molecule has 0 aromatic carbocycles. The molecule has 0 aliphatic heterocycles. The lowest BCUT2D eigenvalue weighted by molar-refractivity contribution is 0.477. The molecule has 0 spiro atoms. The monoisotopic (exact) mass is 297 g/mol. The van der Waals surface area contributed by atoms with Crippen molar-refractivity contribution < 1.29 is 0 Å². The molecule has 6 heteroatoms. The zero-order valence-corrected chi connectivity index (χ0v) is 13.4. The van der Waals surface area contributed by atoms with Gasteiger partial charge in [-0.2, -0.15) is 10.2 Å². The first-order chi connectivity index (χ1) is 9.09. The van der Waals surface area contributed by atoms with E-state index in [1.165, 1.54) is 11.4 Å². The van der Waals surface area contributed by atoms with Crippen LogP contribution in [0.3, 0.4) is 0 Å². The molecule has 0 radical (unpaired) electrons. The average molecular weight is 298 g/mol. The van der Waals surface area contributed by atoms with Gasteiger partial charge in [0.05, 0.1) is 11.4 Å². The predicted octanol–water partition coefficient (Wildman–Crippen LogP) is 2.95. The highest BCUT2D eigenvalue weighted by molar-refractivity contribution is 5.85. The summed E-state index contributed by atoms with van der Waals surface area (Å²) < 4.78 is 4.10. The molecule has 2 aromatic rings. The smallest absolute Gasteiger partial charge is 0.0525 e. The molecule has 2 heterocycles. The van der Waals surface area contributed by atoms with E-state index in [2.05, 4.69) is 55.3 Å². The molecule has 0 unspecified atom stereocenters. The van der Waals surface area contributed by atoms with Gasteiger partial charge in [0.2, 0.25) is 0 Å². The van der Waals surface area contributed by atoms with Gasteiger partial charge < -0.3 is 5.32 Å². The molecule has 112 valence electrons. The average Bonchev–Trinajstić information content (AvgIpc) is 2.96. The summed E-state index contributed by atoms with van der Waals surface area (Å²) in [6, 6.07) is 4.92. The number of nitrogens with zero attached hydrogens (tertiary/aromatic N) is 4. The number of halogens is 1. The Morgan fingerprint density at radius 2 is 1.30 bits per heavy atom. The first-order valence-electron chi connectivity index (χ1n) is 6.85. The van der Waals surface area contributed by atoms with Gasteiger partial charge in [-0.1, -0.05) is 0 Å². The first-order valence-corrected chi connectivity index (χ1v) is 6.85. The van der Waals surface area contributed by atoms with E-state index in [9.17, 15) is 0 Å². The molecule has 2 rings (SSSR count). The highest BCUT2D eigenvalue weighted by Gasteiger charge is 2.07. The molecule has 0 atom stereocenters. The Labute approximate surface area is 126 Å². The van der Waals surface area contributed by atoms with Crippen molar-refractivity contribution in [3.8, 4) is 0 Å². The minimum Gasteiger partial charge on any atom is -0.306 e. The molecule has 20 heavy (non-hydrogen) atoms. The van der Waals surface area contributed by atoms with E-state index in [0.29, 0.717) is 12.1 Å². The van der Waals surface area contributed by atoms with Gasteiger partial charge in [-0.15, -0.1) is 12.4 Å². The Morgan fingerprint density at radius 1 is 0.900 bits per heavy atom. The standard InChI is InChI=1S/C14H23N5.ClH/c1-11(2)18-13(5-7-16-18)9-15-10-14-6-8-17-19(14)12(3)4;/h5-8,11-12,15H,9-10H2,1-4H3;1H. The zero-order chi connectivity index (χ0) is 13.8. The summed E-state index contributed by atoms with van der Waals surface area (Å²) in [6.45, 7) is 10.2. The number of nitrogens with one attached hydrogen (secondary N) is 1. The van der Waals surface area contributed by atoms with Crippen LogP contribution in [-0.2, 0) is 13.1 Å². The third-order valence-corrected chi connectivity index (χ3v) is 3.10. The molecule has 5 nitrogen and oxygen atoms in total. The molecule has 2 aromatic heterocycles. The van der Waals surface area contributed by atoms with E-state index in [1.54, 1.807) is 0 Å². The minimum atomic E-state index is 0. The Kier molecular flexibility index (Phi) is 6.23. The summed E-state index contributed by atoms with van der Waals surface area (Å²) in [4.78, 5) is 0. The Hall–Kier alpha value is -1.33. The second-order valence-corrected chi connectivity index (χ2v) is 5.33.